The molecule has 0 aliphatic heterocycles. The molecular formula is C12H12Cl2N4. The molecule has 6 heteroatoms. The molecule has 1 saturated carbocycles. The molecule has 4 nitrogen and oxygen atoms in total. The van der Waals surface area contributed by atoms with Crippen molar-refractivity contribution in [2.75, 3.05) is 0 Å². The van der Waals surface area contributed by atoms with Gasteiger partial charge < -0.3 is 10.3 Å². The molecular weight excluding hydrogens is 271 g/mol. The summed E-state index contributed by atoms with van der Waals surface area (Å²) < 4.78 is 2.08. The number of halogens is 2. The summed E-state index contributed by atoms with van der Waals surface area (Å²) in [6.45, 7) is 0.377. The molecule has 1 aromatic heterocycles. The highest BCUT2D eigenvalue weighted by Gasteiger charge is 2.30. The van der Waals surface area contributed by atoms with Gasteiger partial charge in [-0.1, -0.05) is 23.2 Å². The maximum absolute atomic E-state index is 6.21. The van der Waals surface area contributed by atoms with E-state index in [1.165, 1.54) is 0 Å². The van der Waals surface area contributed by atoms with Crippen LogP contribution < -0.4 is 5.73 Å². The van der Waals surface area contributed by atoms with Crippen molar-refractivity contribution in [2.45, 2.75) is 25.4 Å². The van der Waals surface area contributed by atoms with Crippen LogP contribution in [0, 0.1) is 0 Å². The normalized spacial score (nSPS) is 15.1. The van der Waals surface area contributed by atoms with Gasteiger partial charge >= 0.3 is 0 Å². The Bertz CT molecular complexity index is 590. The zero-order valence-corrected chi connectivity index (χ0v) is 11.1. The Hall–Kier alpha value is -1.10. The fourth-order valence-electron chi connectivity index (χ4n) is 2.03. The molecule has 0 unspecified atom stereocenters. The van der Waals surface area contributed by atoms with Crippen molar-refractivity contribution in [2.24, 2.45) is 5.73 Å². The zero-order valence-electron chi connectivity index (χ0n) is 9.61. The quantitative estimate of drug-likeness (QED) is 0.941. The molecule has 2 aromatic rings. The van der Waals surface area contributed by atoms with Crippen molar-refractivity contribution in [1.29, 1.82) is 0 Å². The predicted molar refractivity (Wildman–Crippen MR) is 71.6 cm³/mol. The van der Waals surface area contributed by atoms with Crippen molar-refractivity contribution in [3.05, 3.63) is 34.1 Å². The van der Waals surface area contributed by atoms with Crippen LogP contribution in [0.15, 0.2) is 18.2 Å². The van der Waals surface area contributed by atoms with Crippen LogP contribution in [0.5, 0.6) is 0 Å². The minimum absolute atomic E-state index is 0.377. The van der Waals surface area contributed by atoms with E-state index in [1.807, 2.05) is 6.07 Å². The summed E-state index contributed by atoms with van der Waals surface area (Å²) in [6, 6.07) is 5.79. The summed E-state index contributed by atoms with van der Waals surface area (Å²) in [5.41, 5.74) is 6.50. The maximum Gasteiger partial charge on any atom is 0.165 e. The summed E-state index contributed by atoms with van der Waals surface area (Å²) in [7, 11) is 0. The average molecular weight is 283 g/mol. The number of hydrogen-bond acceptors (Lipinski definition) is 3. The molecule has 94 valence electrons. The minimum Gasteiger partial charge on any atom is -0.324 e. The molecule has 0 radical (unpaired) electrons. The van der Waals surface area contributed by atoms with Gasteiger partial charge in [0.15, 0.2) is 5.82 Å². The first kappa shape index (κ1) is 12.0. The lowest BCUT2D eigenvalue weighted by Gasteiger charge is -2.09. The van der Waals surface area contributed by atoms with Crippen molar-refractivity contribution in [3.63, 3.8) is 0 Å². The molecule has 0 bridgehead atoms. The van der Waals surface area contributed by atoms with Crippen LogP contribution in [0.4, 0.5) is 0 Å². The molecule has 1 aliphatic rings. The van der Waals surface area contributed by atoms with Crippen molar-refractivity contribution in [3.8, 4) is 11.4 Å². The fraction of sp³-hybridized carbons (Fsp3) is 0.333. The summed E-state index contributed by atoms with van der Waals surface area (Å²) in [5.74, 6) is 1.55. The van der Waals surface area contributed by atoms with Gasteiger partial charge in [-0.15, -0.1) is 10.2 Å². The Kier molecular flexibility index (Phi) is 3.01. The van der Waals surface area contributed by atoms with Crippen LogP contribution in [0.2, 0.25) is 10.0 Å². The highest BCUT2D eigenvalue weighted by Crippen LogP contribution is 2.40. The molecule has 0 saturated heterocycles. The fourth-order valence-corrected chi connectivity index (χ4v) is 2.41. The van der Waals surface area contributed by atoms with Gasteiger partial charge in [-0.25, -0.2) is 0 Å². The molecule has 18 heavy (non-hydrogen) atoms. The molecule has 0 spiro atoms. The second kappa shape index (κ2) is 4.53. The van der Waals surface area contributed by atoms with E-state index >= 15 is 0 Å². The number of benzene rings is 1. The number of rotatable bonds is 3. The van der Waals surface area contributed by atoms with Crippen LogP contribution in [0.3, 0.4) is 0 Å². The number of nitrogens with two attached hydrogens (primary N) is 1. The largest absolute Gasteiger partial charge is 0.324 e. The first-order valence-electron chi connectivity index (χ1n) is 5.80. The summed E-state index contributed by atoms with van der Waals surface area (Å²) >= 11 is 12.2. The summed E-state index contributed by atoms with van der Waals surface area (Å²) in [5, 5.41) is 9.60. The van der Waals surface area contributed by atoms with Crippen molar-refractivity contribution < 1.29 is 0 Å². The third-order valence-corrected chi connectivity index (χ3v) is 3.60. The van der Waals surface area contributed by atoms with E-state index < -0.39 is 0 Å². The third-order valence-electron chi connectivity index (χ3n) is 3.03. The predicted octanol–water partition coefficient (Wildman–Crippen LogP) is 3.05. The lowest BCUT2D eigenvalue weighted by molar-refractivity contribution is 0.688. The third kappa shape index (κ3) is 2.00. The molecule has 3 rings (SSSR count). The van der Waals surface area contributed by atoms with Gasteiger partial charge in [-0.3, -0.25) is 0 Å². The van der Waals surface area contributed by atoms with E-state index in [0.29, 0.717) is 22.6 Å². The van der Waals surface area contributed by atoms with Gasteiger partial charge in [-0.05, 0) is 31.0 Å². The Labute approximate surface area is 115 Å². The minimum atomic E-state index is 0.377. The van der Waals surface area contributed by atoms with E-state index in [-0.39, 0.29) is 0 Å². The Balaban J connectivity index is 2.16. The molecule has 0 amide bonds. The molecule has 1 heterocycles. The second-order valence-electron chi connectivity index (χ2n) is 4.37. The summed E-state index contributed by atoms with van der Waals surface area (Å²) in [4.78, 5) is 0. The van der Waals surface area contributed by atoms with E-state index in [1.54, 1.807) is 12.1 Å². The Morgan fingerprint density at radius 3 is 2.72 bits per heavy atom. The Morgan fingerprint density at radius 1 is 1.28 bits per heavy atom. The van der Waals surface area contributed by atoms with Gasteiger partial charge in [-0.2, -0.15) is 0 Å². The first-order chi connectivity index (χ1) is 8.70. The lowest BCUT2D eigenvalue weighted by atomic mass is 10.2. The van der Waals surface area contributed by atoms with Gasteiger partial charge in [0, 0.05) is 16.6 Å². The lowest BCUT2D eigenvalue weighted by Crippen LogP contribution is -2.08. The van der Waals surface area contributed by atoms with Gasteiger partial charge in [0.05, 0.1) is 11.6 Å². The van der Waals surface area contributed by atoms with E-state index in [0.717, 1.165) is 30.1 Å². The molecule has 1 aromatic carbocycles. The van der Waals surface area contributed by atoms with Crippen molar-refractivity contribution >= 4 is 23.2 Å². The van der Waals surface area contributed by atoms with Gasteiger partial charge in [0.25, 0.3) is 0 Å². The van der Waals surface area contributed by atoms with Crippen LogP contribution in [-0.2, 0) is 6.54 Å². The van der Waals surface area contributed by atoms with Gasteiger partial charge in [0.2, 0.25) is 0 Å². The molecule has 0 atom stereocenters. The summed E-state index contributed by atoms with van der Waals surface area (Å²) in [6.07, 6.45) is 2.27. The van der Waals surface area contributed by atoms with Crippen molar-refractivity contribution in [1.82, 2.24) is 14.8 Å². The highest BCUT2D eigenvalue weighted by atomic mass is 35.5. The zero-order chi connectivity index (χ0) is 12.7. The first-order valence-corrected chi connectivity index (χ1v) is 6.55. The van der Waals surface area contributed by atoms with Gasteiger partial charge in [0.1, 0.15) is 5.82 Å². The number of hydrogen-bond donors (Lipinski definition) is 1. The van der Waals surface area contributed by atoms with Crippen LogP contribution >= 0.6 is 23.2 Å². The average Bonchev–Trinajstić information content (AvgIpc) is 3.12. The topological polar surface area (TPSA) is 56.7 Å². The molecule has 1 aliphatic carbocycles. The monoisotopic (exact) mass is 282 g/mol. The second-order valence-corrected chi connectivity index (χ2v) is 5.21. The highest BCUT2D eigenvalue weighted by molar-refractivity contribution is 6.35. The standard InChI is InChI=1S/C12H12Cl2N4/c13-7-1-4-10(14)9(5-7)12-17-16-11(6-15)18(12)8-2-3-8/h1,4-5,8H,2-3,6,15H2. The smallest absolute Gasteiger partial charge is 0.165 e. The molecule has 2 N–H and O–H groups in total. The van der Waals surface area contributed by atoms with E-state index in [2.05, 4.69) is 14.8 Å². The van der Waals surface area contributed by atoms with E-state index in [9.17, 15) is 0 Å². The Morgan fingerprint density at radius 2 is 2.06 bits per heavy atom. The van der Waals surface area contributed by atoms with Crippen LogP contribution in [0.25, 0.3) is 11.4 Å². The number of nitrogens with zero attached hydrogens (tertiary/aromatic N) is 3. The van der Waals surface area contributed by atoms with Crippen LogP contribution in [0.1, 0.15) is 24.7 Å². The SMILES string of the molecule is NCc1nnc(-c2cc(Cl)ccc2Cl)n1C1CC1. The van der Waals surface area contributed by atoms with E-state index in [4.69, 9.17) is 28.9 Å². The van der Waals surface area contributed by atoms with Crippen LogP contribution in [-0.4, -0.2) is 14.8 Å². The molecule has 1 fully saturated rings. The number of aromatic nitrogens is 3. The maximum atomic E-state index is 6.21.